The van der Waals surface area contributed by atoms with Gasteiger partial charge in [0.25, 0.3) is 0 Å². The van der Waals surface area contributed by atoms with Gasteiger partial charge in [-0.15, -0.1) is 0 Å². The summed E-state index contributed by atoms with van der Waals surface area (Å²) in [6, 6.07) is 15.7. The lowest BCUT2D eigenvalue weighted by molar-refractivity contribution is 0.482. The van der Waals surface area contributed by atoms with Crippen molar-refractivity contribution in [1.82, 2.24) is 0 Å². The molecule has 0 bridgehead atoms. The Morgan fingerprint density at radius 3 is 2.44 bits per heavy atom. The number of nitrogen functional groups attached to an aromatic ring is 1. The fourth-order valence-electron chi connectivity index (χ4n) is 1.46. The number of rotatable bonds is 2. The Kier molecular flexibility index (Phi) is 3.13. The van der Waals surface area contributed by atoms with Crippen LogP contribution in [0.25, 0.3) is 0 Å². The smallest absolute Gasteiger partial charge is 0.128 e. The molecule has 2 aromatic rings. The van der Waals surface area contributed by atoms with Crippen LogP contribution in [0, 0.1) is 22.7 Å². The van der Waals surface area contributed by atoms with Gasteiger partial charge in [0.2, 0.25) is 0 Å². The van der Waals surface area contributed by atoms with Crippen molar-refractivity contribution in [2.24, 2.45) is 0 Å². The summed E-state index contributed by atoms with van der Waals surface area (Å²) in [6.07, 6.45) is 0. The molecule has 0 atom stereocenters. The molecular weight excluding hydrogens is 226 g/mol. The predicted octanol–water partition coefficient (Wildman–Crippen LogP) is 2.80. The van der Waals surface area contributed by atoms with Crippen molar-refractivity contribution >= 4 is 5.69 Å². The van der Waals surface area contributed by atoms with E-state index in [1.807, 2.05) is 12.1 Å². The zero-order valence-electron chi connectivity index (χ0n) is 9.42. The Balaban J connectivity index is 2.29. The van der Waals surface area contributed by atoms with E-state index in [2.05, 4.69) is 0 Å². The van der Waals surface area contributed by atoms with E-state index in [0.29, 0.717) is 28.3 Å². The standard InChI is InChI=1S/C14H9N3O/c15-8-10-2-1-3-12(6-10)18-13-4-5-14(17)11(7-13)9-16/h1-7H,17H2. The van der Waals surface area contributed by atoms with E-state index in [1.54, 1.807) is 42.5 Å². The fraction of sp³-hybridized carbons (Fsp3) is 0. The van der Waals surface area contributed by atoms with Crippen LogP contribution in [0.2, 0.25) is 0 Å². The molecule has 0 heterocycles. The van der Waals surface area contributed by atoms with Crippen molar-refractivity contribution in [3.05, 3.63) is 53.6 Å². The Hall–Kier alpha value is -2.98. The highest BCUT2D eigenvalue weighted by atomic mass is 16.5. The topological polar surface area (TPSA) is 82.8 Å². The summed E-state index contributed by atoms with van der Waals surface area (Å²) in [6.45, 7) is 0. The Labute approximate surface area is 104 Å². The quantitative estimate of drug-likeness (QED) is 0.811. The van der Waals surface area contributed by atoms with E-state index in [0.717, 1.165) is 0 Å². The minimum atomic E-state index is 0.365. The van der Waals surface area contributed by atoms with Crippen molar-refractivity contribution in [2.75, 3.05) is 5.73 Å². The van der Waals surface area contributed by atoms with Gasteiger partial charge in [0.05, 0.1) is 17.2 Å². The van der Waals surface area contributed by atoms with Crippen molar-refractivity contribution in [3.8, 4) is 23.6 Å². The first-order chi connectivity index (χ1) is 8.72. The lowest BCUT2D eigenvalue weighted by Crippen LogP contribution is -1.91. The lowest BCUT2D eigenvalue weighted by atomic mass is 10.2. The zero-order valence-corrected chi connectivity index (χ0v) is 9.42. The molecule has 0 radical (unpaired) electrons. The van der Waals surface area contributed by atoms with Crippen molar-refractivity contribution < 1.29 is 4.74 Å². The van der Waals surface area contributed by atoms with E-state index >= 15 is 0 Å². The molecule has 0 aliphatic rings. The third-order valence-corrected chi connectivity index (χ3v) is 2.34. The largest absolute Gasteiger partial charge is 0.457 e. The molecule has 4 nitrogen and oxygen atoms in total. The van der Waals surface area contributed by atoms with Crippen molar-refractivity contribution in [3.63, 3.8) is 0 Å². The predicted molar refractivity (Wildman–Crippen MR) is 66.8 cm³/mol. The van der Waals surface area contributed by atoms with Gasteiger partial charge in [-0.25, -0.2) is 0 Å². The van der Waals surface area contributed by atoms with Crippen LogP contribution in [-0.2, 0) is 0 Å². The van der Waals surface area contributed by atoms with Crippen LogP contribution in [0.3, 0.4) is 0 Å². The Morgan fingerprint density at radius 1 is 0.944 bits per heavy atom. The minimum Gasteiger partial charge on any atom is -0.457 e. The number of hydrogen-bond donors (Lipinski definition) is 1. The molecule has 0 saturated heterocycles. The number of benzene rings is 2. The van der Waals surface area contributed by atoms with Gasteiger partial charge in [0, 0.05) is 11.8 Å². The summed E-state index contributed by atoms with van der Waals surface area (Å²) in [7, 11) is 0. The molecule has 0 saturated carbocycles. The lowest BCUT2D eigenvalue weighted by Gasteiger charge is -2.07. The van der Waals surface area contributed by atoms with Gasteiger partial charge < -0.3 is 10.5 Å². The molecule has 0 spiro atoms. The molecule has 0 amide bonds. The van der Waals surface area contributed by atoms with Gasteiger partial charge in [0.1, 0.15) is 17.6 Å². The first-order valence-corrected chi connectivity index (χ1v) is 5.20. The zero-order chi connectivity index (χ0) is 13.0. The van der Waals surface area contributed by atoms with Gasteiger partial charge in [-0.05, 0) is 30.3 Å². The molecule has 0 aliphatic carbocycles. The molecule has 2 aromatic carbocycles. The second kappa shape index (κ2) is 4.90. The first-order valence-electron chi connectivity index (χ1n) is 5.20. The highest BCUT2D eigenvalue weighted by Crippen LogP contribution is 2.25. The third kappa shape index (κ3) is 2.40. The van der Waals surface area contributed by atoms with Crippen LogP contribution < -0.4 is 10.5 Å². The molecule has 0 fully saturated rings. The van der Waals surface area contributed by atoms with Gasteiger partial charge in [-0.3, -0.25) is 0 Å². The number of anilines is 1. The SMILES string of the molecule is N#Cc1cccc(Oc2ccc(N)c(C#N)c2)c1. The summed E-state index contributed by atoms with van der Waals surface area (Å²) in [5.41, 5.74) is 6.91. The number of ether oxygens (including phenoxy) is 1. The van der Waals surface area contributed by atoms with Crippen LogP contribution in [0.15, 0.2) is 42.5 Å². The van der Waals surface area contributed by atoms with E-state index in [-0.39, 0.29) is 0 Å². The maximum Gasteiger partial charge on any atom is 0.128 e. The molecule has 0 aromatic heterocycles. The van der Waals surface area contributed by atoms with Crippen molar-refractivity contribution in [2.45, 2.75) is 0 Å². The molecule has 4 heteroatoms. The Morgan fingerprint density at radius 2 is 1.72 bits per heavy atom. The van der Waals surface area contributed by atoms with Crippen molar-refractivity contribution in [1.29, 1.82) is 10.5 Å². The molecule has 86 valence electrons. The molecule has 0 unspecified atom stereocenters. The summed E-state index contributed by atoms with van der Waals surface area (Å²) >= 11 is 0. The fourth-order valence-corrected chi connectivity index (χ4v) is 1.46. The normalized spacial score (nSPS) is 9.22. The third-order valence-electron chi connectivity index (χ3n) is 2.34. The summed E-state index contributed by atoms with van der Waals surface area (Å²) in [4.78, 5) is 0. The van der Waals surface area contributed by atoms with E-state index in [4.69, 9.17) is 21.0 Å². The molecule has 2 rings (SSSR count). The van der Waals surface area contributed by atoms with Gasteiger partial charge in [-0.1, -0.05) is 6.07 Å². The average Bonchev–Trinajstić information content (AvgIpc) is 2.41. The second-order valence-electron chi connectivity index (χ2n) is 3.60. The number of nitrogens with two attached hydrogens (primary N) is 1. The first kappa shape index (κ1) is 11.5. The molecular formula is C14H9N3O. The number of hydrogen-bond acceptors (Lipinski definition) is 4. The highest BCUT2D eigenvalue weighted by Gasteiger charge is 2.03. The van der Waals surface area contributed by atoms with Crippen LogP contribution in [0.5, 0.6) is 11.5 Å². The maximum atomic E-state index is 8.86. The van der Waals surface area contributed by atoms with Gasteiger partial charge in [0.15, 0.2) is 0 Å². The van der Waals surface area contributed by atoms with Crippen LogP contribution in [0.4, 0.5) is 5.69 Å². The van der Waals surface area contributed by atoms with E-state index in [9.17, 15) is 0 Å². The van der Waals surface area contributed by atoms with E-state index < -0.39 is 0 Å². The van der Waals surface area contributed by atoms with Gasteiger partial charge in [-0.2, -0.15) is 10.5 Å². The number of nitrogens with zero attached hydrogens (tertiary/aromatic N) is 2. The molecule has 0 aliphatic heterocycles. The molecule has 18 heavy (non-hydrogen) atoms. The van der Waals surface area contributed by atoms with E-state index in [1.165, 1.54) is 0 Å². The van der Waals surface area contributed by atoms with Crippen LogP contribution in [-0.4, -0.2) is 0 Å². The van der Waals surface area contributed by atoms with Gasteiger partial charge >= 0.3 is 0 Å². The minimum absolute atomic E-state index is 0.365. The monoisotopic (exact) mass is 235 g/mol. The highest BCUT2D eigenvalue weighted by molar-refractivity contribution is 5.57. The summed E-state index contributed by atoms with van der Waals surface area (Å²) in [5, 5.41) is 17.6. The Bertz CT molecular complexity index is 665. The van der Waals surface area contributed by atoms with Crippen LogP contribution >= 0.6 is 0 Å². The molecule has 2 N–H and O–H groups in total. The summed E-state index contributed by atoms with van der Waals surface area (Å²) in [5.74, 6) is 1.05. The van der Waals surface area contributed by atoms with Crippen LogP contribution in [0.1, 0.15) is 11.1 Å². The number of nitriles is 2. The second-order valence-corrected chi connectivity index (χ2v) is 3.60. The average molecular weight is 235 g/mol. The summed E-state index contributed by atoms with van der Waals surface area (Å²) < 4.78 is 5.56. The maximum absolute atomic E-state index is 8.86.